The van der Waals surface area contributed by atoms with E-state index in [1.54, 1.807) is 48.5 Å². The van der Waals surface area contributed by atoms with E-state index >= 15 is 0 Å². The third kappa shape index (κ3) is 5.58. The molecule has 2 aromatic carbocycles. The Balaban J connectivity index is 1.28. The zero-order valence-corrected chi connectivity index (χ0v) is 19.0. The Morgan fingerprint density at radius 3 is 2.71 bits per heavy atom. The Kier molecular flexibility index (Phi) is 7.53. The monoisotopic (exact) mass is 496 g/mol. The minimum atomic E-state index is -3.43. The van der Waals surface area contributed by atoms with E-state index in [2.05, 4.69) is 25.0 Å². The molecule has 2 atom stereocenters. The van der Waals surface area contributed by atoms with Crippen molar-refractivity contribution in [2.75, 3.05) is 24.4 Å². The molecule has 0 amide bonds. The number of aliphatic hydroxyl groups excluding tert-OH is 1. The lowest BCUT2D eigenvalue weighted by Gasteiger charge is -2.26. The number of ether oxygens (including phenoxy) is 2. The summed E-state index contributed by atoms with van der Waals surface area (Å²) in [6.07, 6.45) is 1.29. The van der Waals surface area contributed by atoms with Crippen molar-refractivity contribution in [1.29, 1.82) is 0 Å². The largest absolute Gasteiger partial charge is 0.387 e. The highest BCUT2D eigenvalue weighted by Gasteiger charge is 2.43. The van der Waals surface area contributed by atoms with Crippen molar-refractivity contribution in [2.45, 2.75) is 43.1 Å². The molecule has 184 valence electrons. The quantitative estimate of drug-likeness (QED) is 0.304. The van der Waals surface area contributed by atoms with Crippen LogP contribution in [0.3, 0.4) is 0 Å². The first-order valence-electron chi connectivity index (χ1n) is 10.9. The average molecular weight is 497 g/mol. The van der Waals surface area contributed by atoms with E-state index in [1.807, 2.05) is 0 Å². The summed E-state index contributed by atoms with van der Waals surface area (Å²) >= 11 is 0. The Morgan fingerprint density at radius 2 is 1.97 bits per heavy atom. The third-order valence-electron chi connectivity index (χ3n) is 5.72. The maximum absolute atomic E-state index is 13.0. The molecule has 1 fully saturated rings. The van der Waals surface area contributed by atoms with E-state index in [0.717, 1.165) is 6.42 Å². The summed E-state index contributed by atoms with van der Waals surface area (Å²) < 4.78 is 63.4. The number of rotatable bonds is 12. The normalized spacial score (nSPS) is 20.8. The van der Waals surface area contributed by atoms with Crippen LogP contribution in [0.1, 0.15) is 36.5 Å². The highest BCUT2D eigenvalue weighted by molar-refractivity contribution is 7.93. The Hall–Kier alpha value is -2.51. The second-order valence-electron chi connectivity index (χ2n) is 8.07. The summed E-state index contributed by atoms with van der Waals surface area (Å²) in [7, 11) is -3.43. The van der Waals surface area contributed by atoms with Crippen LogP contribution in [-0.4, -0.2) is 45.1 Å². The smallest absolute Gasteiger partial charge is 0.349 e. The first kappa shape index (κ1) is 24.6. The van der Waals surface area contributed by atoms with E-state index in [1.165, 1.54) is 0 Å². The summed E-state index contributed by atoms with van der Waals surface area (Å²) in [5.41, 5.74) is 1.59. The van der Waals surface area contributed by atoms with Crippen LogP contribution in [0.5, 0.6) is 0 Å². The molecule has 1 unspecified atom stereocenters. The van der Waals surface area contributed by atoms with Gasteiger partial charge in [-0.1, -0.05) is 30.7 Å². The van der Waals surface area contributed by atoms with Crippen molar-refractivity contribution in [3.05, 3.63) is 59.7 Å². The van der Waals surface area contributed by atoms with Gasteiger partial charge in [0.1, 0.15) is 0 Å². The van der Waals surface area contributed by atoms with Gasteiger partial charge in [0, 0.05) is 18.8 Å². The number of hydrogen-bond donors (Lipinski definition) is 3. The summed E-state index contributed by atoms with van der Waals surface area (Å²) in [5.74, 6) is -2.02. The molecule has 3 N–H and O–H groups in total. The summed E-state index contributed by atoms with van der Waals surface area (Å²) in [6, 6.07) is 13.1. The predicted octanol–water partition coefficient (Wildman–Crippen LogP) is 3.77. The van der Waals surface area contributed by atoms with E-state index in [4.69, 9.17) is 4.74 Å². The number of sulfonamides is 1. The molecule has 0 radical (unpaired) electrons. The average Bonchev–Trinajstić information content (AvgIpc) is 3.09. The summed E-state index contributed by atoms with van der Waals surface area (Å²) in [6.45, 7) is -2.83. The van der Waals surface area contributed by atoms with Gasteiger partial charge in [-0.15, -0.1) is 10.2 Å². The zero-order valence-electron chi connectivity index (χ0n) is 18.2. The number of hydrogen-bond acceptors (Lipinski definition) is 8. The number of nitrogens with one attached hydrogen (secondary N) is 2. The van der Waals surface area contributed by atoms with Gasteiger partial charge >= 0.3 is 12.5 Å². The highest BCUT2D eigenvalue weighted by Crippen LogP contribution is 2.43. The maximum Gasteiger partial charge on any atom is 0.349 e. The van der Waals surface area contributed by atoms with Gasteiger partial charge in [-0.3, -0.25) is 9.46 Å². The topological polar surface area (TPSA) is 122 Å². The van der Waals surface area contributed by atoms with Crippen molar-refractivity contribution < 1.29 is 31.8 Å². The van der Waals surface area contributed by atoms with E-state index in [0.29, 0.717) is 29.8 Å². The molecule has 0 aromatic heterocycles. The van der Waals surface area contributed by atoms with Crippen LogP contribution in [0.2, 0.25) is 0 Å². The van der Waals surface area contributed by atoms with E-state index in [9.17, 15) is 22.3 Å². The van der Waals surface area contributed by atoms with Crippen LogP contribution in [0.15, 0.2) is 58.8 Å². The molecule has 9 nitrogen and oxygen atoms in total. The van der Waals surface area contributed by atoms with Crippen LogP contribution in [0.25, 0.3) is 0 Å². The molecule has 1 heterocycles. The molecule has 34 heavy (non-hydrogen) atoms. The van der Waals surface area contributed by atoms with Crippen LogP contribution >= 0.6 is 0 Å². The number of aliphatic hydroxyl groups is 1. The minimum absolute atomic E-state index is 0.0476. The van der Waals surface area contributed by atoms with Crippen LogP contribution in [0, 0.1) is 0 Å². The predicted molar refractivity (Wildman–Crippen MR) is 120 cm³/mol. The second kappa shape index (κ2) is 10.4. The lowest BCUT2D eigenvalue weighted by molar-refractivity contribution is -0.317. The molecular weight excluding hydrogens is 470 g/mol. The van der Waals surface area contributed by atoms with E-state index in [-0.39, 0.29) is 30.5 Å². The van der Waals surface area contributed by atoms with E-state index < -0.39 is 28.6 Å². The van der Waals surface area contributed by atoms with Gasteiger partial charge in [-0.25, -0.2) is 8.42 Å². The molecule has 2 aliphatic rings. The lowest BCUT2D eigenvalue weighted by Crippen LogP contribution is -2.35. The number of nitrogens with zero attached hydrogens (tertiary/aromatic N) is 2. The first-order valence-corrected chi connectivity index (χ1v) is 12.5. The van der Waals surface area contributed by atoms with Crippen molar-refractivity contribution in [1.82, 2.24) is 5.32 Å². The highest BCUT2D eigenvalue weighted by atomic mass is 32.2. The molecule has 12 heteroatoms. The molecule has 0 bridgehead atoms. The lowest BCUT2D eigenvalue weighted by atomic mass is 10.0. The molecule has 2 aromatic rings. The zero-order chi connectivity index (χ0) is 24.2. The number of fused-ring (bicyclic) bond motifs is 1. The first-order chi connectivity index (χ1) is 16.3. The number of benzene rings is 2. The Labute approximate surface area is 196 Å². The van der Waals surface area contributed by atoms with Crippen LogP contribution in [-0.2, 0) is 25.4 Å². The van der Waals surface area contributed by atoms with Gasteiger partial charge in [0.05, 0.1) is 29.2 Å². The van der Waals surface area contributed by atoms with Gasteiger partial charge in [0.25, 0.3) is 0 Å². The minimum Gasteiger partial charge on any atom is -0.387 e. The summed E-state index contributed by atoms with van der Waals surface area (Å²) in [4.78, 5) is 0. The van der Waals surface area contributed by atoms with Crippen molar-refractivity contribution in [3.8, 4) is 0 Å². The molecular formula is C22H26F2N4O5S. The number of azo groups is 1. The van der Waals surface area contributed by atoms with Gasteiger partial charge in [-0.05, 0) is 42.7 Å². The summed E-state index contributed by atoms with van der Waals surface area (Å²) in [5, 5.41) is 20.7. The number of anilines is 1. The van der Waals surface area contributed by atoms with Crippen molar-refractivity contribution >= 4 is 21.4 Å². The van der Waals surface area contributed by atoms with Crippen molar-refractivity contribution in [3.63, 3.8) is 0 Å². The van der Waals surface area contributed by atoms with Crippen LogP contribution in [0.4, 0.5) is 20.2 Å². The van der Waals surface area contributed by atoms with Gasteiger partial charge in [0.2, 0.25) is 10.0 Å². The fraction of sp³-hybridized carbons (Fsp3) is 0.455. The Bertz CT molecular complexity index is 1130. The fourth-order valence-electron chi connectivity index (χ4n) is 3.71. The standard InChI is InChI=1S/C22H26F2N4O5S/c23-21(24)33-22(18-9-1-2-10-19(18)26-28-22)32-12-11-25-14-20(29)15-5-3-6-16(13-15)27-34(30,31)17-7-4-8-17/h1-3,5-6,9-10,13,17,20-21,25,27,29H,4,7-8,11-12,14H2/t20?,22-/m1/s1. The van der Waals surface area contributed by atoms with Gasteiger partial charge in [-0.2, -0.15) is 8.78 Å². The molecule has 4 rings (SSSR count). The Morgan fingerprint density at radius 1 is 1.18 bits per heavy atom. The molecule has 1 saturated carbocycles. The molecule has 0 spiro atoms. The third-order valence-corrected chi connectivity index (χ3v) is 7.59. The molecule has 1 aliphatic carbocycles. The van der Waals surface area contributed by atoms with Crippen molar-refractivity contribution in [2.24, 2.45) is 10.2 Å². The van der Waals surface area contributed by atoms with Crippen LogP contribution < -0.4 is 10.0 Å². The SMILES string of the molecule is O=S(=O)(Nc1cccc(C(O)CNCCO[C@]2(OC(F)F)N=Nc3ccccc32)c1)C1CCC1. The maximum atomic E-state index is 13.0. The molecule has 1 aliphatic heterocycles. The van der Waals surface area contributed by atoms with Gasteiger partial charge < -0.3 is 15.2 Å². The fourth-order valence-corrected chi connectivity index (χ4v) is 5.28. The number of halogens is 2. The molecule has 0 saturated heterocycles. The second-order valence-corrected chi connectivity index (χ2v) is 10.0. The van der Waals surface area contributed by atoms with Gasteiger partial charge in [0.15, 0.2) is 0 Å². The number of alkyl halides is 2.